The molecule has 11 heteroatoms. The smallest absolute Gasteiger partial charge is 0.416 e. The Morgan fingerprint density at radius 3 is 2.64 bits per heavy atom. The van der Waals surface area contributed by atoms with Gasteiger partial charge >= 0.3 is 12.2 Å². The van der Waals surface area contributed by atoms with E-state index in [2.05, 4.69) is 15.4 Å². The third-order valence-corrected chi connectivity index (χ3v) is 3.95. The van der Waals surface area contributed by atoms with Crippen LogP contribution in [-0.2, 0) is 18.0 Å². The minimum atomic E-state index is -4.71. The van der Waals surface area contributed by atoms with Gasteiger partial charge in [-0.15, -0.1) is 0 Å². The highest BCUT2D eigenvalue weighted by Crippen LogP contribution is 2.34. The number of alkyl halides is 3. The zero-order valence-electron chi connectivity index (χ0n) is 14.7. The number of phenols is 1. The molecule has 3 amide bonds. The number of carbonyl (C=O) groups is 2. The van der Waals surface area contributed by atoms with Crippen LogP contribution < -0.4 is 10.2 Å². The number of imide groups is 1. The van der Waals surface area contributed by atoms with Crippen molar-refractivity contribution in [3.63, 3.8) is 0 Å². The number of amides is 3. The number of rotatable bonds is 3. The Morgan fingerprint density at radius 1 is 1.29 bits per heavy atom. The molecule has 0 atom stereocenters. The number of nitrogens with one attached hydrogen (secondary N) is 1. The average Bonchev–Trinajstić information content (AvgIpc) is 2.88. The lowest BCUT2D eigenvalue weighted by atomic mass is 10.2. The Morgan fingerprint density at radius 2 is 2.00 bits per heavy atom. The van der Waals surface area contributed by atoms with Gasteiger partial charge in [-0.25, -0.2) is 14.7 Å². The number of hydrogen-bond acceptors (Lipinski definition) is 5. The van der Waals surface area contributed by atoms with Gasteiger partial charge in [-0.2, -0.15) is 18.3 Å². The lowest BCUT2D eigenvalue weighted by molar-refractivity contribution is -0.137. The van der Waals surface area contributed by atoms with Crippen LogP contribution in [0.25, 0.3) is 11.0 Å². The number of fused-ring (bicyclic) bond motifs is 1. The number of anilines is 2. The fourth-order valence-corrected chi connectivity index (χ4v) is 2.69. The van der Waals surface area contributed by atoms with Crippen LogP contribution in [-0.4, -0.2) is 32.3 Å². The Bertz CT molecular complexity index is 1080. The van der Waals surface area contributed by atoms with Crippen molar-refractivity contribution in [1.29, 1.82) is 0 Å². The molecule has 0 saturated carbocycles. The second-order valence-electron chi connectivity index (χ2n) is 5.95. The van der Waals surface area contributed by atoms with Crippen LogP contribution in [0.2, 0.25) is 0 Å². The number of halogens is 3. The summed E-state index contributed by atoms with van der Waals surface area (Å²) in [4.78, 5) is 28.7. The van der Waals surface area contributed by atoms with Gasteiger partial charge in [0.05, 0.1) is 23.1 Å². The van der Waals surface area contributed by atoms with Gasteiger partial charge in [0.1, 0.15) is 5.75 Å². The molecule has 0 saturated heterocycles. The fourth-order valence-electron chi connectivity index (χ4n) is 2.69. The molecule has 2 N–H and O–H groups in total. The molecule has 146 valence electrons. The summed E-state index contributed by atoms with van der Waals surface area (Å²) in [5.74, 6) is -0.683. The summed E-state index contributed by atoms with van der Waals surface area (Å²) in [6.07, 6.45) is -3.24. The number of aromatic hydroxyl groups is 1. The topological polar surface area (TPSA) is 100 Å². The highest BCUT2D eigenvalue weighted by molar-refractivity contribution is 6.12. The molecule has 2 aromatic heterocycles. The lowest BCUT2D eigenvalue weighted by Gasteiger charge is -2.17. The largest absolute Gasteiger partial charge is 0.508 e. The van der Waals surface area contributed by atoms with Gasteiger partial charge in [-0.1, -0.05) is 0 Å². The maximum atomic E-state index is 12.9. The predicted octanol–water partition coefficient (Wildman–Crippen LogP) is 3.20. The Labute approximate surface area is 156 Å². The molecular formula is C17H14F3N5O3. The minimum Gasteiger partial charge on any atom is -0.508 e. The van der Waals surface area contributed by atoms with Crippen LogP contribution in [0.1, 0.15) is 11.3 Å². The van der Waals surface area contributed by atoms with Gasteiger partial charge < -0.3 is 10.4 Å². The molecule has 8 nitrogen and oxygen atoms in total. The molecule has 3 aromatic rings. The van der Waals surface area contributed by atoms with Gasteiger partial charge in [-0.05, 0) is 25.1 Å². The van der Waals surface area contributed by atoms with Crippen molar-refractivity contribution in [3.8, 4) is 5.75 Å². The van der Waals surface area contributed by atoms with E-state index in [1.165, 1.54) is 16.9 Å². The Kier molecular flexibility index (Phi) is 4.67. The lowest BCUT2D eigenvalue weighted by Crippen LogP contribution is -2.33. The number of carbonyl (C=O) groups excluding carboxylic acids is 2. The molecule has 0 aliphatic carbocycles. The fraction of sp³-hybridized carbons (Fsp3) is 0.176. The first-order valence-corrected chi connectivity index (χ1v) is 7.86. The Balaban J connectivity index is 1.92. The summed E-state index contributed by atoms with van der Waals surface area (Å²) in [6.45, 7) is 1.73. The first-order chi connectivity index (χ1) is 13.1. The first kappa shape index (κ1) is 19.1. The van der Waals surface area contributed by atoms with Gasteiger partial charge in [0.2, 0.25) is 6.41 Å². The summed E-state index contributed by atoms with van der Waals surface area (Å²) in [6, 6.07) is 2.60. The number of phenolic OH excluding ortho intramolecular Hbond substituents is 1. The number of pyridine rings is 1. The van der Waals surface area contributed by atoms with Crippen LogP contribution >= 0.6 is 0 Å². The maximum Gasteiger partial charge on any atom is 0.416 e. The third kappa shape index (κ3) is 3.59. The zero-order valence-corrected chi connectivity index (χ0v) is 14.7. The molecule has 0 bridgehead atoms. The molecule has 0 aliphatic heterocycles. The third-order valence-electron chi connectivity index (χ3n) is 3.95. The minimum absolute atomic E-state index is 0.104. The number of nitrogens with zero attached hydrogens (tertiary/aromatic N) is 4. The molecule has 0 fully saturated rings. The molecule has 1 aromatic carbocycles. The van der Waals surface area contributed by atoms with E-state index in [0.717, 1.165) is 6.07 Å². The first-order valence-electron chi connectivity index (χ1n) is 7.86. The Hall–Kier alpha value is -3.63. The summed E-state index contributed by atoms with van der Waals surface area (Å²) in [5, 5.41) is 16.4. The van der Waals surface area contributed by atoms with Crippen LogP contribution in [0, 0.1) is 6.92 Å². The van der Waals surface area contributed by atoms with Crippen molar-refractivity contribution in [2.75, 3.05) is 10.2 Å². The summed E-state index contributed by atoms with van der Waals surface area (Å²) in [5.41, 5.74) is -0.200. The van der Waals surface area contributed by atoms with Crippen molar-refractivity contribution >= 4 is 34.8 Å². The predicted molar refractivity (Wildman–Crippen MR) is 93.9 cm³/mol. The standard InChI is InChI=1S/C17H14F3N5O3/c1-9-14-6-12(7-21-15(14)24(2)23-9)25(8-26)16(28)22-11-3-10(17(18,19)20)4-13(27)5-11/h3-8,27H,1-2H3,(H,22,28). The normalized spacial score (nSPS) is 11.5. The SMILES string of the molecule is Cc1nn(C)c2ncc(N(C=O)C(=O)Nc3cc(O)cc(C(F)(F)F)c3)cc12. The molecular weight excluding hydrogens is 379 g/mol. The second kappa shape index (κ2) is 6.83. The molecule has 0 aliphatic rings. The number of benzene rings is 1. The second-order valence-corrected chi connectivity index (χ2v) is 5.95. The van der Waals surface area contributed by atoms with E-state index >= 15 is 0 Å². The van der Waals surface area contributed by atoms with E-state index in [0.29, 0.717) is 33.8 Å². The highest BCUT2D eigenvalue weighted by atomic mass is 19.4. The number of urea groups is 1. The molecule has 0 spiro atoms. The summed E-state index contributed by atoms with van der Waals surface area (Å²) in [7, 11) is 1.69. The van der Waals surface area contributed by atoms with E-state index in [1.54, 1.807) is 14.0 Å². The van der Waals surface area contributed by atoms with Crippen LogP contribution in [0.15, 0.2) is 30.5 Å². The summed E-state index contributed by atoms with van der Waals surface area (Å²) < 4.78 is 40.1. The van der Waals surface area contributed by atoms with E-state index in [4.69, 9.17) is 0 Å². The van der Waals surface area contributed by atoms with Crippen molar-refractivity contribution in [2.45, 2.75) is 13.1 Å². The molecule has 28 heavy (non-hydrogen) atoms. The summed E-state index contributed by atoms with van der Waals surface area (Å²) >= 11 is 0. The van der Waals surface area contributed by atoms with Crippen LogP contribution in [0.5, 0.6) is 5.75 Å². The van der Waals surface area contributed by atoms with Gasteiger partial charge in [0, 0.05) is 24.2 Å². The van der Waals surface area contributed by atoms with Gasteiger partial charge in [0.15, 0.2) is 5.65 Å². The van der Waals surface area contributed by atoms with Gasteiger partial charge in [-0.3, -0.25) is 9.48 Å². The van der Waals surface area contributed by atoms with Crippen molar-refractivity contribution in [1.82, 2.24) is 14.8 Å². The number of aryl methyl sites for hydroxylation is 2. The molecule has 0 unspecified atom stereocenters. The average molecular weight is 393 g/mol. The number of hydrogen-bond donors (Lipinski definition) is 2. The van der Waals surface area contributed by atoms with Crippen LogP contribution in [0.4, 0.5) is 29.3 Å². The van der Waals surface area contributed by atoms with Gasteiger partial charge in [0.25, 0.3) is 0 Å². The van der Waals surface area contributed by atoms with Crippen molar-refractivity contribution < 1.29 is 27.9 Å². The van der Waals surface area contributed by atoms with E-state index in [9.17, 15) is 27.9 Å². The van der Waals surface area contributed by atoms with Crippen LogP contribution in [0.3, 0.4) is 0 Å². The molecule has 0 radical (unpaired) electrons. The maximum absolute atomic E-state index is 12.9. The molecule has 2 heterocycles. The number of aromatic nitrogens is 3. The quantitative estimate of drug-likeness (QED) is 0.666. The van der Waals surface area contributed by atoms with E-state index in [1.807, 2.05) is 0 Å². The van der Waals surface area contributed by atoms with Crippen molar-refractivity contribution in [2.24, 2.45) is 7.05 Å². The molecule has 3 rings (SSSR count). The van der Waals surface area contributed by atoms with E-state index in [-0.39, 0.29) is 17.8 Å². The zero-order chi connectivity index (χ0) is 20.6. The highest BCUT2D eigenvalue weighted by Gasteiger charge is 2.31. The van der Waals surface area contributed by atoms with E-state index < -0.39 is 23.5 Å². The van der Waals surface area contributed by atoms with Crippen molar-refractivity contribution in [3.05, 3.63) is 41.7 Å². The monoisotopic (exact) mass is 393 g/mol.